The summed E-state index contributed by atoms with van der Waals surface area (Å²) in [5.41, 5.74) is 2.56. The van der Waals surface area contributed by atoms with Gasteiger partial charge >= 0.3 is 0 Å². The number of aryl methyl sites for hydroxylation is 1. The van der Waals surface area contributed by atoms with Crippen LogP contribution in [0.4, 0.5) is 5.69 Å². The summed E-state index contributed by atoms with van der Waals surface area (Å²) in [4.78, 5) is 12.7. The molecule has 0 aliphatic carbocycles. The van der Waals surface area contributed by atoms with Gasteiger partial charge in [0.1, 0.15) is 6.04 Å². The van der Waals surface area contributed by atoms with Crippen molar-refractivity contribution < 1.29 is 17.9 Å². The van der Waals surface area contributed by atoms with Gasteiger partial charge in [-0.05, 0) is 31.0 Å². The fourth-order valence-corrected chi connectivity index (χ4v) is 4.09. The number of hydrogen-bond donors (Lipinski definition) is 1. The molecule has 0 bridgehead atoms. The molecule has 0 saturated heterocycles. The van der Waals surface area contributed by atoms with Crippen LogP contribution >= 0.6 is 0 Å². The minimum Gasteiger partial charge on any atom is -0.375 e. The summed E-state index contributed by atoms with van der Waals surface area (Å²) in [5, 5.41) is 2.78. The first-order valence-corrected chi connectivity index (χ1v) is 11.1. The minimum absolute atomic E-state index is 0.313. The van der Waals surface area contributed by atoms with E-state index in [0.717, 1.165) is 17.4 Å². The summed E-state index contributed by atoms with van der Waals surface area (Å²) in [7, 11) is -3.62. The highest BCUT2D eigenvalue weighted by atomic mass is 32.2. The molecule has 0 spiro atoms. The van der Waals surface area contributed by atoms with Gasteiger partial charge in [0.15, 0.2) is 0 Å². The summed E-state index contributed by atoms with van der Waals surface area (Å²) in [5.74, 6) is -0.336. The summed E-state index contributed by atoms with van der Waals surface area (Å²) in [6.45, 7) is 4.84. The number of hydrogen-bond acceptors (Lipinski definition) is 4. The van der Waals surface area contributed by atoms with Crippen LogP contribution < -0.4 is 9.62 Å². The monoisotopic (exact) mass is 404 g/mol. The zero-order valence-corrected chi connectivity index (χ0v) is 17.4. The molecular formula is C21H28N2O4S. The first kappa shape index (κ1) is 21.9. The Labute approximate surface area is 167 Å². The molecule has 2 rings (SSSR count). The maximum absolute atomic E-state index is 12.7. The maximum atomic E-state index is 12.7. The minimum atomic E-state index is -3.62. The highest BCUT2D eigenvalue weighted by molar-refractivity contribution is 7.92. The van der Waals surface area contributed by atoms with E-state index in [-0.39, 0.29) is 5.91 Å². The molecule has 6 nitrogen and oxygen atoms in total. The normalized spacial score (nSPS) is 12.4. The summed E-state index contributed by atoms with van der Waals surface area (Å²) in [6, 6.07) is 16.0. The standard InChI is InChI=1S/C21H28N2O4S/c1-4-20(23(28(3,25)26)19-12-10-17(2)11-13-19)21(24)22-14-15-27-16-18-8-6-5-7-9-18/h5-13,20H,4,14-16H2,1-3H3,(H,22,24)/t20-/m1/s1. The number of amides is 1. The lowest BCUT2D eigenvalue weighted by molar-refractivity contribution is -0.122. The van der Waals surface area contributed by atoms with Crippen LogP contribution in [0.25, 0.3) is 0 Å². The lowest BCUT2D eigenvalue weighted by Crippen LogP contribution is -2.49. The van der Waals surface area contributed by atoms with Crippen LogP contribution in [-0.2, 0) is 26.2 Å². The Hall–Kier alpha value is -2.38. The van der Waals surface area contributed by atoms with Gasteiger partial charge in [0.25, 0.3) is 0 Å². The van der Waals surface area contributed by atoms with E-state index >= 15 is 0 Å². The van der Waals surface area contributed by atoms with Crippen molar-refractivity contribution >= 4 is 21.6 Å². The van der Waals surface area contributed by atoms with Crippen LogP contribution in [-0.4, -0.2) is 39.8 Å². The van der Waals surface area contributed by atoms with Crippen molar-refractivity contribution in [2.45, 2.75) is 32.9 Å². The number of nitrogens with zero attached hydrogens (tertiary/aromatic N) is 1. The molecule has 2 aromatic carbocycles. The molecule has 0 aliphatic heterocycles. The Balaban J connectivity index is 1.96. The van der Waals surface area contributed by atoms with Gasteiger partial charge in [0, 0.05) is 6.54 Å². The number of ether oxygens (including phenoxy) is 1. The highest BCUT2D eigenvalue weighted by Crippen LogP contribution is 2.22. The van der Waals surface area contributed by atoms with Crippen LogP contribution in [0.2, 0.25) is 0 Å². The van der Waals surface area contributed by atoms with E-state index in [1.54, 1.807) is 19.1 Å². The van der Waals surface area contributed by atoms with Crippen LogP contribution in [0.3, 0.4) is 0 Å². The molecule has 0 heterocycles. The molecule has 0 fully saturated rings. The third-order valence-corrected chi connectivity index (χ3v) is 5.46. The Morgan fingerprint density at radius 1 is 1.11 bits per heavy atom. The Morgan fingerprint density at radius 3 is 2.32 bits per heavy atom. The van der Waals surface area contributed by atoms with Crippen LogP contribution in [0.5, 0.6) is 0 Å². The van der Waals surface area contributed by atoms with Gasteiger partial charge in [0.05, 0.1) is 25.2 Å². The predicted molar refractivity (Wildman–Crippen MR) is 112 cm³/mol. The number of benzene rings is 2. The van der Waals surface area contributed by atoms with E-state index in [1.807, 2.05) is 49.4 Å². The SMILES string of the molecule is CC[C@H](C(=O)NCCOCc1ccccc1)N(c1ccc(C)cc1)S(C)(=O)=O. The molecule has 0 unspecified atom stereocenters. The first-order chi connectivity index (χ1) is 13.3. The molecular weight excluding hydrogens is 376 g/mol. The van der Waals surface area contributed by atoms with Crippen molar-refractivity contribution in [1.82, 2.24) is 5.32 Å². The lowest BCUT2D eigenvalue weighted by Gasteiger charge is -2.30. The van der Waals surface area contributed by atoms with Crippen LogP contribution in [0.15, 0.2) is 54.6 Å². The molecule has 7 heteroatoms. The van der Waals surface area contributed by atoms with Crippen molar-refractivity contribution in [2.75, 3.05) is 23.7 Å². The zero-order chi connectivity index (χ0) is 20.6. The van der Waals surface area contributed by atoms with Crippen LogP contribution in [0, 0.1) is 6.92 Å². The molecule has 1 amide bonds. The smallest absolute Gasteiger partial charge is 0.243 e. The second kappa shape index (κ2) is 10.2. The molecule has 2 aromatic rings. The van der Waals surface area contributed by atoms with E-state index in [0.29, 0.717) is 31.9 Å². The fraction of sp³-hybridized carbons (Fsp3) is 0.381. The summed E-state index contributed by atoms with van der Waals surface area (Å²) < 4.78 is 31.5. The lowest BCUT2D eigenvalue weighted by atomic mass is 10.1. The van der Waals surface area contributed by atoms with Crippen molar-refractivity contribution in [3.8, 4) is 0 Å². The second-order valence-corrected chi connectivity index (χ2v) is 8.51. The van der Waals surface area contributed by atoms with E-state index in [1.165, 1.54) is 4.31 Å². The van der Waals surface area contributed by atoms with Gasteiger partial charge in [-0.1, -0.05) is 55.0 Å². The zero-order valence-electron chi connectivity index (χ0n) is 16.6. The topological polar surface area (TPSA) is 75.7 Å². The molecule has 0 aromatic heterocycles. The summed E-state index contributed by atoms with van der Waals surface area (Å²) >= 11 is 0. The van der Waals surface area contributed by atoms with Crippen molar-refractivity contribution in [3.63, 3.8) is 0 Å². The second-order valence-electron chi connectivity index (χ2n) is 6.65. The van der Waals surface area contributed by atoms with E-state index in [9.17, 15) is 13.2 Å². The molecule has 1 N–H and O–H groups in total. The Kier molecular flexibility index (Phi) is 8.02. The number of carbonyl (C=O) groups is 1. The maximum Gasteiger partial charge on any atom is 0.243 e. The first-order valence-electron chi connectivity index (χ1n) is 9.28. The molecule has 0 saturated carbocycles. The molecule has 152 valence electrons. The molecule has 0 radical (unpaired) electrons. The molecule has 1 atom stereocenters. The van der Waals surface area contributed by atoms with Crippen LogP contribution in [0.1, 0.15) is 24.5 Å². The van der Waals surface area contributed by atoms with Gasteiger partial charge in [-0.3, -0.25) is 9.10 Å². The fourth-order valence-electron chi connectivity index (χ4n) is 2.88. The van der Waals surface area contributed by atoms with Gasteiger partial charge in [-0.25, -0.2) is 8.42 Å². The van der Waals surface area contributed by atoms with Gasteiger partial charge in [0.2, 0.25) is 15.9 Å². The van der Waals surface area contributed by atoms with Crippen molar-refractivity contribution in [1.29, 1.82) is 0 Å². The van der Waals surface area contributed by atoms with Gasteiger partial charge in [-0.2, -0.15) is 0 Å². The quantitative estimate of drug-likeness (QED) is 0.618. The number of anilines is 1. The highest BCUT2D eigenvalue weighted by Gasteiger charge is 2.31. The number of rotatable bonds is 10. The average Bonchev–Trinajstić information content (AvgIpc) is 2.66. The average molecular weight is 405 g/mol. The number of sulfonamides is 1. The van der Waals surface area contributed by atoms with Gasteiger partial charge < -0.3 is 10.1 Å². The van der Waals surface area contributed by atoms with Crippen molar-refractivity contribution in [2.24, 2.45) is 0 Å². The van der Waals surface area contributed by atoms with Gasteiger partial charge in [-0.15, -0.1) is 0 Å². The number of nitrogens with one attached hydrogen (secondary N) is 1. The van der Waals surface area contributed by atoms with E-state index in [4.69, 9.17) is 4.74 Å². The number of carbonyl (C=O) groups excluding carboxylic acids is 1. The summed E-state index contributed by atoms with van der Waals surface area (Å²) in [6.07, 6.45) is 1.48. The van der Waals surface area contributed by atoms with E-state index < -0.39 is 16.1 Å². The third-order valence-electron chi connectivity index (χ3n) is 4.28. The van der Waals surface area contributed by atoms with Crippen molar-refractivity contribution in [3.05, 3.63) is 65.7 Å². The largest absolute Gasteiger partial charge is 0.375 e. The Bertz CT molecular complexity index is 852. The third kappa shape index (κ3) is 6.35. The molecule has 0 aliphatic rings. The van der Waals surface area contributed by atoms with E-state index in [2.05, 4.69) is 5.32 Å². The predicted octanol–water partition coefficient (Wildman–Crippen LogP) is 2.87. The molecule has 28 heavy (non-hydrogen) atoms. The Morgan fingerprint density at radius 2 is 1.75 bits per heavy atom.